The van der Waals surface area contributed by atoms with Gasteiger partial charge in [-0.15, -0.1) is 0 Å². The molecule has 1 fully saturated rings. The second-order valence-electron chi connectivity index (χ2n) is 3.39. The number of ether oxygens (including phenoxy) is 1. The second-order valence-corrected chi connectivity index (χ2v) is 6.34. The van der Waals surface area contributed by atoms with Gasteiger partial charge in [-0.3, -0.25) is 9.05 Å². The van der Waals surface area contributed by atoms with Crippen molar-refractivity contribution < 1.29 is 37.0 Å². The van der Waals surface area contributed by atoms with Crippen molar-refractivity contribution in [3.8, 4) is 0 Å². The molecule has 1 aliphatic heterocycles. The van der Waals surface area contributed by atoms with E-state index in [2.05, 4.69) is 4.31 Å². The molecule has 0 radical (unpaired) electrons. The fourth-order valence-corrected chi connectivity index (χ4v) is 3.50. The third-order valence-electron chi connectivity index (χ3n) is 1.53. The monoisotopic (exact) mass is 276 g/mol. The first kappa shape index (κ1) is 14.3. The summed E-state index contributed by atoms with van der Waals surface area (Å²) in [7, 11) is -9.20. The Morgan fingerprint density at radius 2 is 1.69 bits per heavy atom. The number of hydrogen-bond acceptors (Lipinski definition) is 6. The molecular formula is C6H14O8P2. The molecule has 0 spiro atoms. The predicted molar refractivity (Wildman–Crippen MR) is 52.6 cm³/mol. The van der Waals surface area contributed by atoms with Crippen LogP contribution in [0.15, 0.2) is 0 Å². The van der Waals surface area contributed by atoms with Crippen LogP contribution < -0.4 is 0 Å². The van der Waals surface area contributed by atoms with Crippen molar-refractivity contribution in [3.63, 3.8) is 0 Å². The molecule has 0 aromatic rings. The topological polar surface area (TPSA) is 112 Å². The first-order chi connectivity index (χ1) is 7.20. The quantitative estimate of drug-likeness (QED) is 0.719. The summed E-state index contributed by atoms with van der Waals surface area (Å²) < 4.78 is 41.3. The van der Waals surface area contributed by atoms with Crippen LogP contribution in [-0.2, 0) is 27.2 Å². The Balaban J connectivity index is 2.79. The summed E-state index contributed by atoms with van der Waals surface area (Å²) in [6, 6.07) is 0. The van der Waals surface area contributed by atoms with Gasteiger partial charge in [-0.1, -0.05) is 0 Å². The van der Waals surface area contributed by atoms with Gasteiger partial charge in [0.15, 0.2) is 0 Å². The van der Waals surface area contributed by atoms with Crippen LogP contribution in [0.3, 0.4) is 0 Å². The largest absolute Gasteiger partial charge is 0.484 e. The highest BCUT2D eigenvalue weighted by molar-refractivity contribution is 7.61. The highest BCUT2D eigenvalue weighted by Crippen LogP contribution is 2.62. The Labute approximate surface area is 92.7 Å². The van der Waals surface area contributed by atoms with Crippen LogP contribution in [0.2, 0.25) is 0 Å². The van der Waals surface area contributed by atoms with Crippen LogP contribution in [0.1, 0.15) is 13.8 Å². The van der Waals surface area contributed by atoms with E-state index in [0.29, 0.717) is 0 Å². The molecule has 2 N–H and O–H groups in total. The molecule has 0 bridgehead atoms. The maximum Gasteiger partial charge on any atom is 0.484 e. The van der Waals surface area contributed by atoms with Crippen molar-refractivity contribution >= 4 is 15.6 Å². The van der Waals surface area contributed by atoms with Gasteiger partial charge >= 0.3 is 15.6 Å². The third-order valence-corrected chi connectivity index (χ3v) is 4.42. The van der Waals surface area contributed by atoms with Gasteiger partial charge in [0, 0.05) is 0 Å². The lowest BCUT2D eigenvalue weighted by atomic mass is 10.4. The molecular weight excluding hydrogens is 262 g/mol. The Bertz CT molecular complexity index is 308. The van der Waals surface area contributed by atoms with E-state index in [1.807, 2.05) is 0 Å². The van der Waals surface area contributed by atoms with E-state index < -0.39 is 27.9 Å². The first-order valence-electron chi connectivity index (χ1n) is 4.52. The summed E-state index contributed by atoms with van der Waals surface area (Å²) >= 11 is 0. The SMILES string of the molecule is CC1COCC(C)OP(=O)(OP(=O)(O)O)O1. The molecule has 0 aromatic heterocycles. The van der Waals surface area contributed by atoms with E-state index in [4.69, 9.17) is 23.6 Å². The Kier molecular flexibility index (Phi) is 4.68. The van der Waals surface area contributed by atoms with E-state index in [1.165, 1.54) is 13.8 Å². The number of phosphoric ester groups is 1. The fourth-order valence-electron chi connectivity index (χ4n) is 1.10. The van der Waals surface area contributed by atoms with Crippen LogP contribution in [0.25, 0.3) is 0 Å². The Hall–Kier alpha value is 0.220. The van der Waals surface area contributed by atoms with Crippen molar-refractivity contribution in [2.24, 2.45) is 0 Å². The first-order valence-corrected chi connectivity index (χ1v) is 7.51. The van der Waals surface area contributed by atoms with Gasteiger partial charge in [-0.2, -0.15) is 4.31 Å². The minimum Gasteiger partial charge on any atom is -0.376 e. The van der Waals surface area contributed by atoms with Crippen LogP contribution in [0.4, 0.5) is 0 Å². The smallest absolute Gasteiger partial charge is 0.376 e. The number of phosphoric acid groups is 2. The van der Waals surface area contributed by atoms with Gasteiger partial charge in [0.05, 0.1) is 25.4 Å². The predicted octanol–water partition coefficient (Wildman–Crippen LogP) is 1.04. The maximum atomic E-state index is 11.8. The van der Waals surface area contributed by atoms with Crippen LogP contribution in [0.5, 0.6) is 0 Å². The molecule has 0 aliphatic carbocycles. The normalized spacial score (nSPS) is 37.8. The lowest BCUT2D eigenvalue weighted by Crippen LogP contribution is -2.26. The van der Waals surface area contributed by atoms with Crippen molar-refractivity contribution in [1.82, 2.24) is 0 Å². The minimum atomic E-state index is -4.94. The van der Waals surface area contributed by atoms with E-state index in [1.54, 1.807) is 0 Å². The van der Waals surface area contributed by atoms with Gasteiger partial charge in [-0.05, 0) is 13.8 Å². The zero-order chi connectivity index (χ0) is 12.4. The molecule has 1 aliphatic rings. The van der Waals surface area contributed by atoms with Crippen molar-refractivity contribution in [2.45, 2.75) is 26.1 Å². The summed E-state index contributed by atoms with van der Waals surface area (Å²) in [5.74, 6) is 0. The molecule has 8 nitrogen and oxygen atoms in total. The molecule has 0 saturated carbocycles. The van der Waals surface area contributed by atoms with Crippen LogP contribution in [-0.4, -0.2) is 35.2 Å². The molecule has 10 heteroatoms. The zero-order valence-corrected chi connectivity index (χ0v) is 10.6. The lowest BCUT2D eigenvalue weighted by Gasteiger charge is -2.27. The fraction of sp³-hybridized carbons (Fsp3) is 1.00. The summed E-state index contributed by atoms with van der Waals surface area (Å²) in [5.41, 5.74) is 0. The molecule has 96 valence electrons. The van der Waals surface area contributed by atoms with Gasteiger partial charge in [0.25, 0.3) is 0 Å². The molecule has 16 heavy (non-hydrogen) atoms. The highest BCUT2D eigenvalue weighted by atomic mass is 31.3. The molecule has 1 rings (SSSR count). The summed E-state index contributed by atoms with van der Waals surface area (Å²) in [5, 5.41) is 0. The summed E-state index contributed by atoms with van der Waals surface area (Å²) in [6.07, 6.45) is -1.30. The summed E-state index contributed by atoms with van der Waals surface area (Å²) in [6.45, 7) is 3.33. The average molecular weight is 276 g/mol. The van der Waals surface area contributed by atoms with Gasteiger partial charge in [0.2, 0.25) is 0 Å². The molecule has 0 aromatic carbocycles. The van der Waals surface area contributed by atoms with E-state index in [-0.39, 0.29) is 13.2 Å². The number of rotatable bonds is 2. The van der Waals surface area contributed by atoms with Crippen molar-refractivity contribution in [1.29, 1.82) is 0 Å². The van der Waals surface area contributed by atoms with Gasteiger partial charge in [-0.25, -0.2) is 9.13 Å². The average Bonchev–Trinajstić information content (AvgIpc) is 1.95. The van der Waals surface area contributed by atoms with Gasteiger partial charge in [0.1, 0.15) is 0 Å². The van der Waals surface area contributed by atoms with Crippen molar-refractivity contribution in [3.05, 3.63) is 0 Å². The second kappa shape index (κ2) is 5.25. The molecule has 2 atom stereocenters. The zero-order valence-electron chi connectivity index (χ0n) is 8.81. The van der Waals surface area contributed by atoms with Crippen LogP contribution in [0, 0.1) is 0 Å². The van der Waals surface area contributed by atoms with E-state index in [0.717, 1.165) is 0 Å². The maximum absolute atomic E-state index is 11.8. The molecule has 1 saturated heterocycles. The number of hydrogen-bond donors (Lipinski definition) is 2. The van der Waals surface area contributed by atoms with E-state index >= 15 is 0 Å². The summed E-state index contributed by atoms with van der Waals surface area (Å²) in [4.78, 5) is 17.2. The molecule has 1 heterocycles. The van der Waals surface area contributed by atoms with Gasteiger partial charge < -0.3 is 14.5 Å². The van der Waals surface area contributed by atoms with Crippen LogP contribution >= 0.6 is 15.6 Å². The minimum absolute atomic E-state index is 0.141. The Morgan fingerprint density at radius 3 is 2.06 bits per heavy atom. The Morgan fingerprint density at radius 1 is 1.25 bits per heavy atom. The van der Waals surface area contributed by atoms with Crippen molar-refractivity contribution in [2.75, 3.05) is 13.2 Å². The molecule has 2 unspecified atom stereocenters. The van der Waals surface area contributed by atoms with E-state index in [9.17, 15) is 9.13 Å². The third kappa shape index (κ3) is 5.03. The lowest BCUT2D eigenvalue weighted by molar-refractivity contribution is -0.0333. The highest BCUT2D eigenvalue weighted by Gasteiger charge is 2.40. The standard InChI is InChI=1S/C6H14O8P2/c1-5-3-11-4-6(2)13-16(10,12-5)14-15(7,8)9/h5-6H,3-4H2,1-2H3,(H2,7,8,9). The molecule has 0 amide bonds.